The number of nitrogens with zero attached hydrogens (tertiary/aromatic N) is 1. The van der Waals surface area contributed by atoms with E-state index >= 15 is 0 Å². The molecule has 3 N–H and O–H groups in total. The molecule has 2 heterocycles. The summed E-state index contributed by atoms with van der Waals surface area (Å²) in [5, 5.41) is 14.1. The average Bonchev–Trinajstić information content (AvgIpc) is 2.58. The van der Waals surface area contributed by atoms with Crippen molar-refractivity contribution in [3.05, 3.63) is 29.6 Å². The van der Waals surface area contributed by atoms with Crippen LogP contribution in [-0.2, 0) is 14.4 Å². The molecule has 26 heavy (non-hydrogen) atoms. The zero-order valence-electron chi connectivity index (χ0n) is 14.3. The Morgan fingerprint density at radius 2 is 2.00 bits per heavy atom. The number of carboxylic acid groups (broad SMARTS) is 1. The van der Waals surface area contributed by atoms with Crippen molar-refractivity contribution in [3.8, 4) is 0 Å². The minimum Gasteiger partial charge on any atom is -0.480 e. The molecule has 0 unspecified atom stereocenters. The summed E-state index contributed by atoms with van der Waals surface area (Å²) in [4.78, 5) is 35.6. The van der Waals surface area contributed by atoms with Crippen molar-refractivity contribution in [1.29, 1.82) is 0 Å². The van der Waals surface area contributed by atoms with Gasteiger partial charge in [-0.2, -0.15) is 0 Å². The van der Waals surface area contributed by atoms with Crippen molar-refractivity contribution in [2.45, 2.75) is 37.6 Å². The molecular weight excluding hydrogens is 341 g/mol. The SMILES string of the molecule is O=C(O)CN1CCC(c2ccc(N[C@H]3CCC(=O)NC3=O)cc2F)CC1. The molecule has 0 radical (unpaired) electrons. The number of anilines is 1. The van der Waals surface area contributed by atoms with E-state index in [1.54, 1.807) is 12.1 Å². The Bertz CT molecular complexity index is 716. The monoisotopic (exact) mass is 363 g/mol. The van der Waals surface area contributed by atoms with Crippen LogP contribution >= 0.6 is 0 Å². The molecule has 3 rings (SSSR count). The zero-order chi connectivity index (χ0) is 18.7. The predicted molar refractivity (Wildman–Crippen MR) is 92.2 cm³/mol. The van der Waals surface area contributed by atoms with Crippen molar-refractivity contribution >= 4 is 23.5 Å². The number of carboxylic acids is 1. The van der Waals surface area contributed by atoms with E-state index in [-0.39, 0.29) is 30.6 Å². The van der Waals surface area contributed by atoms with Crippen LogP contribution in [0.25, 0.3) is 0 Å². The van der Waals surface area contributed by atoms with Crippen LogP contribution in [0, 0.1) is 5.82 Å². The number of amides is 2. The van der Waals surface area contributed by atoms with Gasteiger partial charge in [0.05, 0.1) is 6.54 Å². The Morgan fingerprint density at radius 1 is 1.27 bits per heavy atom. The van der Waals surface area contributed by atoms with Crippen LogP contribution in [0.15, 0.2) is 18.2 Å². The highest BCUT2D eigenvalue weighted by Gasteiger charge is 2.27. The first kappa shape index (κ1) is 18.3. The van der Waals surface area contributed by atoms with Crippen LogP contribution < -0.4 is 10.6 Å². The fourth-order valence-electron chi connectivity index (χ4n) is 3.57. The average molecular weight is 363 g/mol. The number of carbonyl (C=O) groups is 3. The lowest BCUT2D eigenvalue weighted by atomic mass is 9.89. The minimum atomic E-state index is -0.849. The molecule has 140 valence electrons. The summed E-state index contributed by atoms with van der Waals surface area (Å²) < 4.78 is 14.6. The Balaban J connectivity index is 1.60. The topological polar surface area (TPSA) is 98.7 Å². The highest BCUT2D eigenvalue weighted by Crippen LogP contribution is 2.31. The second-order valence-corrected chi connectivity index (χ2v) is 6.83. The van der Waals surface area contributed by atoms with Crippen molar-refractivity contribution in [3.63, 3.8) is 0 Å². The van der Waals surface area contributed by atoms with Crippen molar-refractivity contribution < 1.29 is 23.9 Å². The molecule has 2 saturated heterocycles. The van der Waals surface area contributed by atoms with E-state index < -0.39 is 17.9 Å². The first-order valence-electron chi connectivity index (χ1n) is 8.76. The Labute approximate surface area is 150 Å². The number of aliphatic carboxylic acids is 1. The van der Waals surface area contributed by atoms with Gasteiger partial charge in [-0.15, -0.1) is 0 Å². The Hall–Kier alpha value is -2.48. The molecule has 2 amide bonds. The van der Waals surface area contributed by atoms with Gasteiger partial charge in [-0.05, 0) is 56.0 Å². The quantitative estimate of drug-likeness (QED) is 0.682. The number of piperidine rings is 2. The fourth-order valence-corrected chi connectivity index (χ4v) is 3.57. The number of nitrogens with one attached hydrogen (secondary N) is 2. The van der Waals surface area contributed by atoms with Crippen LogP contribution in [0.2, 0.25) is 0 Å². The van der Waals surface area contributed by atoms with Crippen LogP contribution in [0.5, 0.6) is 0 Å². The van der Waals surface area contributed by atoms with Crippen LogP contribution in [-0.4, -0.2) is 53.5 Å². The number of carbonyl (C=O) groups excluding carboxylic acids is 2. The standard InChI is InChI=1S/C18H22FN3O4/c19-14-9-12(20-15-3-4-16(23)21-18(15)26)1-2-13(14)11-5-7-22(8-6-11)10-17(24)25/h1-2,9,11,15,20H,3-8,10H2,(H,24,25)(H,21,23,26)/t15-/m0/s1. The van der Waals surface area contributed by atoms with Crippen LogP contribution in [0.3, 0.4) is 0 Å². The van der Waals surface area contributed by atoms with Crippen molar-refractivity contribution in [1.82, 2.24) is 10.2 Å². The van der Waals surface area contributed by atoms with E-state index in [2.05, 4.69) is 10.6 Å². The molecule has 7 nitrogen and oxygen atoms in total. The normalized spacial score (nSPS) is 22.1. The van der Waals surface area contributed by atoms with Crippen molar-refractivity contribution in [2.24, 2.45) is 0 Å². The number of imide groups is 1. The third-order valence-corrected chi connectivity index (χ3v) is 4.97. The first-order valence-corrected chi connectivity index (χ1v) is 8.76. The van der Waals surface area contributed by atoms with E-state index in [4.69, 9.17) is 5.11 Å². The first-order chi connectivity index (χ1) is 12.4. The molecule has 0 aliphatic carbocycles. The third-order valence-electron chi connectivity index (χ3n) is 4.97. The van der Waals surface area contributed by atoms with Gasteiger partial charge >= 0.3 is 5.97 Å². The molecule has 1 aromatic carbocycles. The largest absolute Gasteiger partial charge is 0.480 e. The van der Waals surface area contributed by atoms with Gasteiger partial charge in [0, 0.05) is 12.1 Å². The second kappa shape index (κ2) is 7.82. The van der Waals surface area contributed by atoms with E-state index in [9.17, 15) is 18.8 Å². The highest BCUT2D eigenvalue weighted by atomic mass is 19.1. The summed E-state index contributed by atoms with van der Waals surface area (Å²) in [5.74, 6) is -1.80. The number of likely N-dealkylation sites (tertiary alicyclic amines) is 1. The number of halogens is 1. The van der Waals surface area contributed by atoms with E-state index in [0.717, 1.165) is 0 Å². The molecule has 8 heteroatoms. The second-order valence-electron chi connectivity index (χ2n) is 6.83. The summed E-state index contributed by atoms with van der Waals surface area (Å²) in [5.41, 5.74) is 1.12. The molecule has 1 atom stereocenters. The van der Waals surface area contributed by atoms with E-state index in [1.807, 2.05) is 4.90 Å². The predicted octanol–water partition coefficient (Wildman–Crippen LogP) is 1.31. The lowest BCUT2D eigenvalue weighted by Crippen LogP contribution is -2.47. The molecule has 0 spiro atoms. The number of hydrogen-bond acceptors (Lipinski definition) is 5. The third kappa shape index (κ3) is 4.37. The van der Waals surface area contributed by atoms with Gasteiger partial charge in [0.25, 0.3) is 0 Å². The van der Waals surface area contributed by atoms with Gasteiger partial charge in [0.15, 0.2) is 0 Å². The molecule has 0 saturated carbocycles. The Morgan fingerprint density at radius 3 is 2.62 bits per heavy atom. The minimum absolute atomic E-state index is 0.0179. The fraction of sp³-hybridized carbons (Fsp3) is 0.500. The number of benzene rings is 1. The maximum Gasteiger partial charge on any atom is 0.317 e. The number of hydrogen-bond donors (Lipinski definition) is 3. The zero-order valence-corrected chi connectivity index (χ0v) is 14.3. The molecule has 2 aliphatic heterocycles. The summed E-state index contributed by atoms with van der Waals surface area (Å²) in [7, 11) is 0. The lowest BCUT2D eigenvalue weighted by Gasteiger charge is -2.31. The highest BCUT2D eigenvalue weighted by molar-refractivity contribution is 6.01. The molecule has 0 bridgehead atoms. The molecule has 1 aromatic rings. The van der Waals surface area contributed by atoms with E-state index in [1.165, 1.54) is 6.07 Å². The van der Waals surface area contributed by atoms with Gasteiger partial charge in [-0.3, -0.25) is 24.6 Å². The maximum atomic E-state index is 14.6. The molecule has 2 fully saturated rings. The van der Waals surface area contributed by atoms with Gasteiger partial charge in [0.2, 0.25) is 11.8 Å². The van der Waals surface area contributed by atoms with Crippen LogP contribution in [0.1, 0.15) is 37.2 Å². The summed E-state index contributed by atoms with van der Waals surface area (Å²) in [6.45, 7) is 1.28. The van der Waals surface area contributed by atoms with Gasteiger partial charge in [-0.25, -0.2) is 4.39 Å². The van der Waals surface area contributed by atoms with Gasteiger partial charge in [0.1, 0.15) is 11.9 Å². The summed E-state index contributed by atoms with van der Waals surface area (Å²) >= 11 is 0. The Kier molecular flexibility index (Phi) is 5.51. The van der Waals surface area contributed by atoms with Crippen molar-refractivity contribution in [2.75, 3.05) is 25.0 Å². The summed E-state index contributed by atoms with van der Waals surface area (Å²) in [6, 6.07) is 4.30. The smallest absolute Gasteiger partial charge is 0.317 e. The lowest BCUT2D eigenvalue weighted by molar-refractivity contribution is -0.138. The summed E-state index contributed by atoms with van der Waals surface area (Å²) in [6.07, 6.45) is 2.07. The van der Waals surface area contributed by atoms with E-state index in [0.29, 0.717) is 43.6 Å². The van der Waals surface area contributed by atoms with Gasteiger partial charge < -0.3 is 10.4 Å². The van der Waals surface area contributed by atoms with Crippen LogP contribution in [0.4, 0.5) is 10.1 Å². The molecule has 0 aromatic heterocycles. The molecular formula is C18H22FN3O4. The van der Waals surface area contributed by atoms with Gasteiger partial charge in [-0.1, -0.05) is 6.07 Å². The maximum absolute atomic E-state index is 14.6. The number of rotatable bonds is 5. The molecule has 2 aliphatic rings.